The number of rotatable bonds is 4. The van der Waals surface area contributed by atoms with Crippen LogP contribution in [0, 0.1) is 23.6 Å². The third kappa shape index (κ3) is 4.15. The molecule has 0 aliphatic carbocycles. The molecule has 0 spiro atoms. The molecule has 3 aromatic rings. The summed E-state index contributed by atoms with van der Waals surface area (Å²) in [7, 11) is 0. The molecule has 202 valence electrons. The van der Waals surface area contributed by atoms with Crippen molar-refractivity contribution in [1.29, 1.82) is 0 Å². The number of nitrogens with two attached hydrogens (primary N) is 1. The SMILES string of the molecule is C=CC(=O)N1CC[C@H](N2CC(C#Cc3c(-c4ccc(F)c5c4OCO5)c4c(N)ncnc4n3CC)C2)[C@H](F)C1. The predicted octanol–water partition coefficient (Wildman–Crippen LogP) is 2.98. The van der Waals surface area contributed by atoms with Crippen LogP contribution in [0.4, 0.5) is 14.6 Å². The minimum Gasteiger partial charge on any atom is -0.453 e. The van der Waals surface area contributed by atoms with Crippen LogP contribution < -0.4 is 15.2 Å². The average Bonchev–Trinajstić information content (AvgIpc) is 3.53. The minimum atomic E-state index is -1.12. The summed E-state index contributed by atoms with van der Waals surface area (Å²) in [6.45, 7) is 7.83. The third-order valence-electron chi connectivity index (χ3n) is 7.69. The second-order valence-electron chi connectivity index (χ2n) is 9.87. The number of alkyl halides is 1. The van der Waals surface area contributed by atoms with E-state index in [2.05, 4.69) is 33.3 Å². The lowest BCUT2D eigenvalue weighted by atomic mass is 9.92. The molecule has 11 heteroatoms. The molecule has 39 heavy (non-hydrogen) atoms. The molecular formula is C28H28F2N6O3. The maximum atomic E-state index is 14.9. The fourth-order valence-corrected chi connectivity index (χ4v) is 5.73. The number of anilines is 1. The van der Waals surface area contributed by atoms with E-state index in [1.54, 1.807) is 6.07 Å². The van der Waals surface area contributed by atoms with Gasteiger partial charge in [-0.1, -0.05) is 12.5 Å². The Hall–Kier alpha value is -4.17. The quantitative estimate of drug-likeness (QED) is 0.406. The maximum absolute atomic E-state index is 14.9. The molecular weight excluding hydrogens is 506 g/mol. The van der Waals surface area contributed by atoms with Gasteiger partial charge < -0.3 is 24.7 Å². The Morgan fingerprint density at radius 3 is 2.79 bits per heavy atom. The van der Waals surface area contributed by atoms with E-state index < -0.39 is 12.0 Å². The highest BCUT2D eigenvalue weighted by atomic mass is 19.1. The van der Waals surface area contributed by atoms with Gasteiger partial charge in [0.05, 0.1) is 11.9 Å². The van der Waals surface area contributed by atoms with Crippen molar-refractivity contribution >= 4 is 22.8 Å². The number of benzene rings is 1. The Labute approximate surface area is 224 Å². The van der Waals surface area contributed by atoms with Gasteiger partial charge in [0.15, 0.2) is 11.6 Å². The summed E-state index contributed by atoms with van der Waals surface area (Å²) in [5, 5.41) is 0.615. The zero-order valence-electron chi connectivity index (χ0n) is 21.5. The molecule has 2 atom stereocenters. The monoisotopic (exact) mass is 534 g/mol. The molecule has 3 aliphatic heterocycles. The third-order valence-corrected chi connectivity index (χ3v) is 7.69. The van der Waals surface area contributed by atoms with Crippen LogP contribution >= 0.6 is 0 Å². The van der Waals surface area contributed by atoms with Gasteiger partial charge in [0.1, 0.15) is 29.7 Å². The highest BCUT2D eigenvalue weighted by Gasteiger charge is 2.40. The minimum absolute atomic E-state index is 0.0446. The molecule has 1 amide bonds. The number of carbonyl (C=O) groups excluding carboxylic acids is 1. The Kier molecular flexibility index (Phi) is 6.35. The highest BCUT2D eigenvalue weighted by Crippen LogP contribution is 2.47. The molecule has 1 aromatic carbocycles. The van der Waals surface area contributed by atoms with Crippen molar-refractivity contribution in [1.82, 2.24) is 24.3 Å². The van der Waals surface area contributed by atoms with Gasteiger partial charge in [-0.2, -0.15) is 0 Å². The Balaban J connectivity index is 1.31. The van der Waals surface area contributed by atoms with Gasteiger partial charge in [0.25, 0.3) is 0 Å². The van der Waals surface area contributed by atoms with Gasteiger partial charge >= 0.3 is 0 Å². The molecule has 5 heterocycles. The van der Waals surface area contributed by atoms with E-state index in [9.17, 15) is 13.6 Å². The summed E-state index contributed by atoms with van der Waals surface area (Å²) in [5.41, 5.74) is 8.88. The first kappa shape index (κ1) is 25.1. The van der Waals surface area contributed by atoms with E-state index in [0.29, 0.717) is 66.2 Å². The van der Waals surface area contributed by atoms with Crippen LogP contribution in [0.25, 0.3) is 22.2 Å². The standard InChI is InChI=1S/C28H28F2N6O3/c1-3-22(37)34-10-9-20(19(30)13-34)35-11-16(12-35)5-8-21-23(17-6-7-18(29)26-25(17)38-15-39-26)24-27(31)32-14-33-28(24)36(21)4-2/h3,6-7,14,16,19-20H,1,4,9-13,15H2,2H3,(H2,31,32,33)/t19-,20+/m1/s1. The second kappa shape index (κ2) is 9.85. The number of aryl methyl sites for hydroxylation is 1. The van der Waals surface area contributed by atoms with E-state index in [4.69, 9.17) is 15.2 Å². The number of halogens is 2. The van der Waals surface area contributed by atoms with E-state index in [1.165, 1.54) is 23.4 Å². The number of carbonyl (C=O) groups is 1. The summed E-state index contributed by atoms with van der Waals surface area (Å²) in [5.74, 6) is 6.61. The predicted molar refractivity (Wildman–Crippen MR) is 141 cm³/mol. The lowest BCUT2D eigenvalue weighted by molar-refractivity contribution is -0.130. The molecule has 2 aromatic heterocycles. The smallest absolute Gasteiger partial charge is 0.246 e. The van der Waals surface area contributed by atoms with Crippen LogP contribution in [0.2, 0.25) is 0 Å². The van der Waals surface area contributed by atoms with E-state index in [1.807, 2.05) is 11.5 Å². The van der Waals surface area contributed by atoms with Gasteiger partial charge in [0.2, 0.25) is 18.4 Å². The molecule has 0 unspecified atom stereocenters. The Bertz CT molecular complexity index is 1540. The fourth-order valence-electron chi connectivity index (χ4n) is 5.73. The van der Waals surface area contributed by atoms with Crippen LogP contribution in [0.5, 0.6) is 11.5 Å². The van der Waals surface area contributed by atoms with E-state index in [-0.39, 0.29) is 42.8 Å². The van der Waals surface area contributed by atoms with Crippen molar-refractivity contribution < 1.29 is 23.0 Å². The van der Waals surface area contributed by atoms with Crippen molar-refractivity contribution in [3.63, 3.8) is 0 Å². The Morgan fingerprint density at radius 1 is 1.26 bits per heavy atom. The van der Waals surface area contributed by atoms with Crippen molar-refractivity contribution in [2.45, 2.75) is 32.1 Å². The van der Waals surface area contributed by atoms with E-state index >= 15 is 0 Å². The molecule has 0 saturated carbocycles. The van der Waals surface area contributed by atoms with Gasteiger partial charge in [0, 0.05) is 49.3 Å². The Morgan fingerprint density at radius 2 is 2.05 bits per heavy atom. The van der Waals surface area contributed by atoms with Gasteiger partial charge in [-0.15, -0.1) is 0 Å². The molecule has 2 fully saturated rings. The molecule has 9 nitrogen and oxygen atoms in total. The lowest BCUT2D eigenvalue weighted by Gasteiger charge is -2.46. The van der Waals surface area contributed by atoms with Crippen LogP contribution in [0.15, 0.2) is 31.1 Å². The number of amides is 1. The van der Waals surface area contributed by atoms with Crippen molar-refractivity contribution in [2.24, 2.45) is 5.92 Å². The zero-order chi connectivity index (χ0) is 27.3. The first-order chi connectivity index (χ1) is 18.9. The van der Waals surface area contributed by atoms with Crippen LogP contribution in [-0.4, -0.2) is 75.4 Å². The molecule has 0 radical (unpaired) electrons. The summed E-state index contributed by atoms with van der Waals surface area (Å²) in [6, 6.07) is 2.73. The second-order valence-corrected chi connectivity index (χ2v) is 9.87. The van der Waals surface area contributed by atoms with Crippen molar-refractivity contribution in [3.8, 4) is 34.5 Å². The number of aromatic nitrogens is 3. The molecule has 2 N–H and O–H groups in total. The van der Waals surface area contributed by atoms with Crippen molar-refractivity contribution in [3.05, 3.63) is 42.6 Å². The topological polar surface area (TPSA) is 98.7 Å². The summed E-state index contributed by atoms with van der Waals surface area (Å²) < 4.78 is 42.3. The zero-order valence-corrected chi connectivity index (χ0v) is 21.5. The summed E-state index contributed by atoms with van der Waals surface area (Å²) in [6.07, 6.45) is 2.09. The molecule has 2 saturated heterocycles. The number of nitrogens with zero attached hydrogens (tertiary/aromatic N) is 5. The first-order valence-electron chi connectivity index (χ1n) is 12.9. The number of nitrogen functional groups attached to an aromatic ring is 1. The number of ether oxygens (including phenoxy) is 2. The molecule has 0 bridgehead atoms. The van der Waals surface area contributed by atoms with Gasteiger partial charge in [-0.3, -0.25) is 9.69 Å². The average molecular weight is 535 g/mol. The number of likely N-dealkylation sites (tertiary alicyclic amines) is 2. The number of hydrogen-bond acceptors (Lipinski definition) is 7. The first-order valence-corrected chi connectivity index (χ1v) is 12.9. The van der Waals surface area contributed by atoms with Gasteiger partial charge in [-0.05, 0) is 37.5 Å². The number of piperidine rings is 1. The van der Waals surface area contributed by atoms with E-state index in [0.717, 1.165) is 0 Å². The number of fused-ring (bicyclic) bond motifs is 2. The maximum Gasteiger partial charge on any atom is 0.246 e. The largest absolute Gasteiger partial charge is 0.453 e. The van der Waals surface area contributed by atoms with Crippen molar-refractivity contribution in [2.75, 3.05) is 38.7 Å². The number of hydrogen-bond donors (Lipinski definition) is 1. The van der Waals surface area contributed by atoms with Crippen LogP contribution in [-0.2, 0) is 11.3 Å². The highest BCUT2D eigenvalue weighted by molar-refractivity contribution is 6.05. The summed E-state index contributed by atoms with van der Waals surface area (Å²) >= 11 is 0. The normalized spacial score (nSPS) is 20.9. The molecule has 6 rings (SSSR count). The molecule has 3 aliphatic rings. The summed E-state index contributed by atoms with van der Waals surface area (Å²) in [4.78, 5) is 24.1. The van der Waals surface area contributed by atoms with Crippen LogP contribution in [0.1, 0.15) is 19.0 Å². The van der Waals surface area contributed by atoms with Gasteiger partial charge in [-0.25, -0.2) is 18.7 Å². The fraction of sp³-hybridized carbons (Fsp3) is 0.393. The lowest BCUT2D eigenvalue weighted by Crippen LogP contribution is -2.60. The van der Waals surface area contributed by atoms with Crippen LogP contribution in [0.3, 0.4) is 0 Å².